The lowest BCUT2D eigenvalue weighted by atomic mass is 9.92. The van der Waals surface area contributed by atoms with Gasteiger partial charge in [0.25, 0.3) is 0 Å². The van der Waals surface area contributed by atoms with Gasteiger partial charge < -0.3 is 39.4 Å². The van der Waals surface area contributed by atoms with Crippen molar-refractivity contribution in [2.24, 2.45) is 0 Å². The zero-order chi connectivity index (χ0) is 26.0. The second-order valence-electron chi connectivity index (χ2n) is 7.91. The van der Waals surface area contributed by atoms with E-state index in [1.807, 2.05) is 0 Å². The van der Waals surface area contributed by atoms with E-state index in [2.05, 4.69) is 0 Å². The minimum atomic E-state index is -0.219. The molecule has 36 heavy (non-hydrogen) atoms. The number of hydrogen-bond acceptors (Lipinski definition) is 8. The van der Waals surface area contributed by atoms with Crippen LogP contribution in [0.1, 0.15) is 0 Å². The van der Waals surface area contributed by atoms with Crippen LogP contribution in [-0.4, -0.2) is 48.9 Å². The third-order valence-corrected chi connectivity index (χ3v) is 5.92. The molecule has 0 aliphatic heterocycles. The largest absolute Gasteiger partial charge is 0.507 e. The van der Waals surface area contributed by atoms with Crippen LogP contribution in [0.25, 0.3) is 33.4 Å². The molecular weight excluding hydrogens is 464 g/mol. The Bertz CT molecular complexity index is 1320. The molecule has 0 bridgehead atoms. The monoisotopic (exact) mass is 490 g/mol. The molecule has 0 radical (unpaired) electrons. The van der Waals surface area contributed by atoms with E-state index in [9.17, 15) is 20.4 Å². The van der Waals surface area contributed by atoms with Gasteiger partial charge in [-0.2, -0.15) is 0 Å². The molecule has 4 aromatic carbocycles. The Morgan fingerprint density at radius 3 is 0.972 bits per heavy atom. The summed E-state index contributed by atoms with van der Waals surface area (Å²) in [5.74, 6) is 1.09. The first kappa shape index (κ1) is 24.4. The van der Waals surface area contributed by atoms with Crippen LogP contribution in [0.15, 0.2) is 60.7 Å². The average molecular weight is 491 g/mol. The molecule has 8 nitrogen and oxygen atoms in total. The predicted octanol–water partition coefficient (Wildman–Crippen LogP) is 5.54. The Balaban J connectivity index is 2.02. The van der Waals surface area contributed by atoms with Gasteiger partial charge in [0.15, 0.2) is 0 Å². The summed E-state index contributed by atoms with van der Waals surface area (Å²) < 4.78 is 21.5. The van der Waals surface area contributed by atoms with Crippen LogP contribution in [-0.2, 0) is 0 Å². The van der Waals surface area contributed by atoms with Crippen LogP contribution in [0.5, 0.6) is 46.0 Å². The lowest BCUT2D eigenvalue weighted by Crippen LogP contribution is -1.94. The van der Waals surface area contributed by atoms with Crippen LogP contribution in [0, 0.1) is 0 Å². The van der Waals surface area contributed by atoms with Gasteiger partial charge in [-0.05, 0) is 60.7 Å². The van der Waals surface area contributed by atoms with E-state index in [4.69, 9.17) is 18.9 Å². The summed E-state index contributed by atoms with van der Waals surface area (Å²) in [6.07, 6.45) is 0. The molecule has 0 aliphatic carbocycles. The molecule has 4 N–H and O–H groups in total. The van der Waals surface area contributed by atoms with E-state index in [0.717, 1.165) is 0 Å². The number of phenols is 4. The highest BCUT2D eigenvalue weighted by Crippen LogP contribution is 2.50. The Labute approximate surface area is 208 Å². The molecular formula is C28H26O8. The molecule has 0 aliphatic rings. The normalized spacial score (nSPS) is 10.7. The fourth-order valence-electron chi connectivity index (χ4n) is 3.99. The van der Waals surface area contributed by atoms with Crippen LogP contribution in [0.3, 0.4) is 0 Å². The van der Waals surface area contributed by atoms with Gasteiger partial charge in [0, 0.05) is 33.4 Å². The van der Waals surface area contributed by atoms with Gasteiger partial charge in [0.1, 0.15) is 46.0 Å². The maximum atomic E-state index is 11.4. The summed E-state index contributed by atoms with van der Waals surface area (Å²) in [5, 5.41) is 43.8. The summed E-state index contributed by atoms with van der Waals surface area (Å²) >= 11 is 0. The first-order chi connectivity index (χ1) is 17.3. The first-order valence-corrected chi connectivity index (χ1v) is 10.9. The molecule has 0 unspecified atom stereocenters. The van der Waals surface area contributed by atoms with Crippen molar-refractivity contribution in [3.8, 4) is 79.4 Å². The molecule has 0 fully saturated rings. The van der Waals surface area contributed by atoms with E-state index in [1.54, 1.807) is 48.5 Å². The molecule has 0 saturated heterocycles. The van der Waals surface area contributed by atoms with Crippen molar-refractivity contribution in [3.05, 3.63) is 60.7 Å². The molecule has 4 rings (SSSR count). The lowest BCUT2D eigenvalue weighted by Gasteiger charge is -2.18. The van der Waals surface area contributed by atoms with E-state index in [0.29, 0.717) is 34.1 Å². The summed E-state index contributed by atoms with van der Waals surface area (Å²) in [7, 11) is 5.93. The number of rotatable bonds is 7. The molecule has 0 heterocycles. The minimum Gasteiger partial charge on any atom is -0.507 e. The third kappa shape index (κ3) is 4.36. The van der Waals surface area contributed by atoms with Crippen molar-refractivity contribution in [2.75, 3.05) is 28.4 Å². The highest BCUT2D eigenvalue weighted by atomic mass is 16.5. The Hall–Kier alpha value is -4.72. The van der Waals surface area contributed by atoms with E-state index in [-0.39, 0.29) is 45.3 Å². The third-order valence-electron chi connectivity index (χ3n) is 5.92. The predicted molar refractivity (Wildman–Crippen MR) is 136 cm³/mol. The Morgan fingerprint density at radius 1 is 0.389 bits per heavy atom. The fourth-order valence-corrected chi connectivity index (χ4v) is 3.99. The van der Waals surface area contributed by atoms with E-state index >= 15 is 0 Å². The van der Waals surface area contributed by atoms with Crippen molar-refractivity contribution in [1.82, 2.24) is 0 Å². The molecule has 0 atom stereocenters. The molecule has 186 valence electrons. The summed E-state index contributed by atoms with van der Waals surface area (Å²) in [4.78, 5) is 0. The van der Waals surface area contributed by atoms with Gasteiger partial charge in [-0.15, -0.1) is 0 Å². The van der Waals surface area contributed by atoms with Gasteiger partial charge in [0.05, 0.1) is 28.4 Å². The van der Waals surface area contributed by atoms with Crippen LogP contribution >= 0.6 is 0 Å². The average Bonchev–Trinajstić information content (AvgIpc) is 2.90. The van der Waals surface area contributed by atoms with Gasteiger partial charge in [-0.1, -0.05) is 0 Å². The number of methoxy groups -OCH3 is 4. The van der Waals surface area contributed by atoms with Crippen molar-refractivity contribution in [2.45, 2.75) is 0 Å². The number of hydrogen-bond donors (Lipinski definition) is 4. The first-order valence-electron chi connectivity index (χ1n) is 10.9. The number of phenolic OH excluding ortho intramolecular Hbond substituents is 4. The lowest BCUT2D eigenvalue weighted by molar-refractivity contribution is 0.410. The summed E-state index contributed by atoms with van der Waals surface area (Å²) in [5.41, 5.74) is 1.56. The van der Waals surface area contributed by atoms with Crippen molar-refractivity contribution in [1.29, 1.82) is 0 Å². The number of aromatic hydroxyl groups is 4. The maximum absolute atomic E-state index is 11.4. The standard InChI is InChI=1S/C28H26O8/c1-33-15-5-7-25(29)19(9-15)21-11-17(35-3)13-23(27(21)31)24-14-18(36-4)12-22(28(24)32)20-10-16(34-2)6-8-26(20)30/h5-14,29-32H,1-4H3. The summed E-state index contributed by atoms with van der Waals surface area (Å²) in [6.45, 7) is 0. The SMILES string of the molecule is COc1ccc(O)c(-c2cc(OC)cc(-c3cc(OC)cc(-c4cc(OC)ccc4O)c3O)c2O)c1. The second-order valence-corrected chi connectivity index (χ2v) is 7.91. The quantitative estimate of drug-likeness (QED) is 0.267. The van der Waals surface area contributed by atoms with E-state index < -0.39 is 0 Å². The fraction of sp³-hybridized carbons (Fsp3) is 0.143. The van der Waals surface area contributed by atoms with E-state index in [1.165, 1.54) is 40.6 Å². The summed E-state index contributed by atoms with van der Waals surface area (Å²) in [6, 6.07) is 15.5. The van der Waals surface area contributed by atoms with Crippen molar-refractivity contribution < 1.29 is 39.4 Å². The van der Waals surface area contributed by atoms with Crippen molar-refractivity contribution in [3.63, 3.8) is 0 Å². The van der Waals surface area contributed by atoms with Gasteiger partial charge >= 0.3 is 0 Å². The molecule has 0 saturated carbocycles. The second kappa shape index (κ2) is 9.87. The molecule has 4 aromatic rings. The highest BCUT2D eigenvalue weighted by Gasteiger charge is 2.23. The number of ether oxygens (including phenoxy) is 4. The van der Waals surface area contributed by atoms with Crippen LogP contribution in [0.2, 0.25) is 0 Å². The zero-order valence-corrected chi connectivity index (χ0v) is 20.2. The van der Waals surface area contributed by atoms with Crippen molar-refractivity contribution >= 4 is 0 Å². The minimum absolute atomic E-state index is 0.0813. The van der Waals surface area contributed by atoms with Gasteiger partial charge in [-0.25, -0.2) is 0 Å². The molecule has 0 amide bonds. The van der Waals surface area contributed by atoms with Gasteiger partial charge in [-0.3, -0.25) is 0 Å². The van der Waals surface area contributed by atoms with Gasteiger partial charge in [0.2, 0.25) is 0 Å². The Kier molecular flexibility index (Phi) is 6.69. The van der Waals surface area contributed by atoms with Crippen LogP contribution in [0.4, 0.5) is 0 Å². The maximum Gasteiger partial charge on any atom is 0.131 e. The Morgan fingerprint density at radius 2 is 0.667 bits per heavy atom. The number of benzene rings is 4. The topological polar surface area (TPSA) is 118 Å². The molecule has 0 spiro atoms. The highest BCUT2D eigenvalue weighted by molar-refractivity contribution is 5.92. The molecule has 8 heteroatoms. The van der Waals surface area contributed by atoms with Crippen LogP contribution < -0.4 is 18.9 Å². The molecule has 0 aromatic heterocycles. The smallest absolute Gasteiger partial charge is 0.131 e. The zero-order valence-electron chi connectivity index (χ0n) is 20.2.